The summed E-state index contributed by atoms with van der Waals surface area (Å²) >= 11 is 0. The van der Waals surface area contributed by atoms with Gasteiger partial charge in [0.25, 0.3) is 0 Å². The van der Waals surface area contributed by atoms with Gasteiger partial charge in [-0.05, 0) is 68.4 Å². The van der Waals surface area contributed by atoms with Gasteiger partial charge in [0.05, 0.1) is 25.8 Å². The molecule has 0 aliphatic heterocycles. The minimum atomic E-state index is -4.41. The number of ether oxygens (including phenoxy) is 2. The molecule has 1 atom stereocenters. The van der Waals surface area contributed by atoms with Crippen LogP contribution in [0.3, 0.4) is 0 Å². The molecular formula is C21H25F3N2O3. The van der Waals surface area contributed by atoms with E-state index in [-0.39, 0.29) is 5.91 Å². The third-order valence-corrected chi connectivity index (χ3v) is 4.78. The average molecular weight is 410 g/mol. The number of nitrogens with one attached hydrogen (secondary N) is 1. The normalized spacial score (nSPS) is 12.6. The van der Waals surface area contributed by atoms with Crippen LogP contribution in [-0.4, -0.2) is 38.1 Å². The molecule has 5 nitrogen and oxygen atoms in total. The molecule has 1 N–H and O–H groups in total. The second kappa shape index (κ2) is 9.17. The third kappa shape index (κ3) is 5.63. The second-order valence-electron chi connectivity index (χ2n) is 6.79. The number of nitrogens with zero attached hydrogens (tertiary/aromatic N) is 1. The van der Waals surface area contributed by atoms with Crippen LogP contribution < -0.4 is 14.8 Å². The van der Waals surface area contributed by atoms with Gasteiger partial charge in [0.2, 0.25) is 5.91 Å². The number of aryl methyl sites for hydroxylation is 1. The van der Waals surface area contributed by atoms with Gasteiger partial charge in [-0.25, -0.2) is 0 Å². The van der Waals surface area contributed by atoms with Crippen LogP contribution >= 0.6 is 0 Å². The van der Waals surface area contributed by atoms with Gasteiger partial charge in [-0.15, -0.1) is 0 Å². The first-order valence-corrected chi connectivity index (χ1v) is 8.96. The standard InChI is InChI=1S/C21H25F3N2O3/c1-13-10-18(28-4)19(29-5)11-15(13)12-26(3)14(2)20(27)25-17-8-6-16(7-9-17)21(22,23)24/h6-11,14H,12H2,1-5H3,(H,25,27)/t14-/m0/s1. The van der Waals surface area contributed by atoms with E-state index in [4.69, 9.17) is 9.47 Å². The van der Waals surface area contributed by atoms with Gasteiger partial charge in [-0.3, -0.25) is 9.69 Å². The fourth-order valence-electron chi connectivity index (χ4n) is 2.79. The maximum Gasteiger partial charge on any atom is 0.416 e. The van der Waals surface area contributed by atoms with Gasteiger partial charge in [0, 0.05) is 12.2 Å². The molecule has 0 fully saturated rings. The fourth-order valence-corrected chi connectivity index (χ4v) is 2.79. The van der Waals surface area contributed by atoms with Gasteiger partial charge in [-0.2, -0.15) is 13.2 Å². The van der Waals surface area contributed by atoms with E-state index in [1.807, 2.05) is 24.0 Å². The summed E-state index contributed by atoms with van der Waals surface area (Å²) < 4.78 is 48.6. The Morgan fingerprint density at radius 1 is 1.10 bits per heavy atom. The quantitative estimate of drug-likeness (QED) is 0.731. The molecule has 0 spiro atoms. The number of likely N-dealkylation sites (N-methyl/N-ethyl adjacent to an activating group) is 1. The van der Waals surface area contributed by atoms with Crippen LogP contribution in [-0.2, 0) is 17.5 Å². The molecule has 0 heterocycles. The molecule has 2 rings (SSSR count). The van der Waals surface area contributed by atoms with Crippen molar-refractivity contribution in [2.24, 2.45) is 0 Å². The number of benzene rings is 2. The largest absolute Gasteiger partial charge is 0.493 e. The van der Waals surface area contributed by atoms with Crippen molar-refractivity contribution in [3.8, 4) is 11.5 Å². The molecular weight excluding hydrogens is 385 g/mol. The smallest absolute Gasteiger partial charge is 0.416 e. The van der Waals surface area contributed by atoms with Gasteiger partial charge in [0.15, 0.2) is 11.5 Å². The van der Waals surface area contributed by atoms with Crippen molar-refractivity contribution in [1.82, 2.24) is 4.90 Å². The van der Waals surface area contributed by atoms with E-state index in [2.05, 4.69) is 5.32 Å². The molecule has 0 aromatic heterocycles. The van der Waals surface area contributed by atoms with Crippen molar-refractivity contribution in [3.63, 3.8) is 0 Å². The van der Waals surface area contributed by atoms with Gasteiger partial charge in [0.1, 0.15) is 0 Å². The van der Waals surface area contributed by atoms with Crippen LogP contribution in [0.1, 0.15) is 23.6 Å². The Morgan fingerprint density at radius 2 is 1.66 bits per heavy atom. The van der Waals surface area contributed by atoms with Crippen LogP contribution in [0.15, 0.2) is 36.4 Å². The number of hydrogen-bond acceptors (Lipinski definition) is 4. The predicted molar refractivity (Wildman–Crippen MR) is 105 cm³/mol. The van der Waals surface area contributed by atoms with Gasteiger partial charge < -0.3 is 14.8 Å². The number of amides is 1. The van der Waals surface area contributed by atoms with Crippen LogP contribution in [0.5, 0.6) is 11.5 Å². The Balaban J connectivity index is 2.06. The Bertz CT molecular complexity index is 851. The average Bonchev–Trinajstić information content (AvgIpc) is 2.68. The highest BCUT2D eigenvalue weighted by Gasteiger charge is 2.30. The van der Waals surface area contributed by atoms with E-state index >= 15 is 0 Å². The fraction of sp³-hybridized carbons (Fsp3) is 0.381. The lowest BCUT2D eigenvalue weighted by molar-refractivity contribution is -0.137. The summed E-state index contributed by atoms with van der Waals surface area (Å²) in [6, 6.07) is 7.59. The molecule has 0 saturated heterocycles. The van der Waals surface area contributed by atoms with E-state index in [1.54, 1.807) is 28.2 Å². The summed E-state index contributed by atoms with van der Waals surface area (Å²) in [7, 11) is 4.92. The zero-order valence-corrected chi connectivity index (χ0v) is 17.1. The van der Waals surface area contributed by atoms with E-state index in [0.717, 1.165) is 23.3 Å². The van der Waals surface area contributed by atoms with Gasteiger partial charge >= 0.3 is 6.18 Å². The summed E-state index contributed by atoms with van der Waals surface area (Å²) in [6.07, 6.45) is -4.41. The molecule has 29 heavy (non-hydrogen) atoms. The summed E-state index contributed by atoms with van der Waals surface area (Å²) in [4.78, 5) is 14.4. The number of methoxy groups -OCH3 is 2. The number of carbonyl (C=O) groups excluding carboxylic acids is 1. The van der Waals surface area contributed by atoms with E-state index < -0.39 is 17.8 Å². The minimum Gasteiger partial charge on any atom is -0.493 e. The monoisotopic (exact) mass is 410 g/mol. The van der Waals surface area contributed by atoms with E-state index in [1.165, 1.54) is 12.1 Å². The molecule has 2 aromatic rings. The van der Waals surface area contributed by atoms with Crippen molar-refractivity contribution in [1.29, 1.82) is 0 Å². The lowest BCUT2D eigenvalue weighted by Gasteiger charge is -2.25. The first-order chi connectivity index (χ1) is 13.6. The molecule has 8 heteroatoms. The Labute approximate surface area is 168 Å². The molecule has 0 aliphatic rings. The zero-order valence-electron chi connectivity index (χ0n) is 17.1. The predicted octanol–water partition coefficient (Wildman–Crippen LogP) is 4.49. The molecule has 0 radical (unpaired) electrons. The summed E-state index contributed by atoms with van der Waals surface area (Å²) in [6.45, 7) is 4.15. The number of carbonyl (C=O) groups is 1. The topological polar surface area (TPSA) is 50.8 Å². The minimum absolute atomic E-state index is 0.311. The molecule has 0 aliphatic carbocycles. The van der Waals surface area contributed by atoms with Crippen molar-refractivity contribution in [2.45, 2.75) is 32.6 Å². The van der Waals surface area contributed by atoms with E-state index in [9.17, 15) is 18.0 Å². The number of hydrogen-bond donors (Lipinski definition) is 1. The van der Waals surface area contributed by atoms with Crippen LogP contribution in [0.25, 0.3) is 0 Å². The van der Waals surface area contributed by atoms with Crippen molar-refractivity contribution >= 4 is 11.6 Å². The van der Waals surface area contributed by atoms with Gasteiger partial charge in [-0.1, -0.05) is 0 Å². The molecule has 0 unspecified atom stereocenters. The Morgan fingerprint density at radius 3 is 2.17 bits per heavy atom. The second-order valence-corrected chi connectivity index (χ2v) is 6.79. The highest BCUT2D eigenvalue weighted by Crippen LogP contribution is 2.31. The van der Waals surface area contributed by atoms with Crippen molar-refractivity contribution in [3.05, 3.63) is 53.1 Å². The molecule has 2 aromatic carbocycles. The van der Waals surface area contributed by atoms with Crippen molar-refractivity contribution < 1.29 is 27.4 Å². The zero-order chi connectivity index (χ0) is 21.8. The van der Waals surface area contributed by atoms with Crippen LogP contribution in [0, 0.1) is 6.92 Å². The molecule has 0 saturated carbocycles. The highest BCUT2D eigenvalue weighted by atomic mass is 19.4. The maximum atomic E-state index is 12.6. The summed E-state index contributed by atoms with van der Waals surface area (Å²) in [5, 5.41) is 2.65. The number of anilines is 1. The highest BCUT2D eigenvalue weighted by molar-refractivity contribution is 5.94. The summed E-state index contributed by atoms with van der Waals surface area (Å²) in [5.74, 6) is 0.915. The van der Waals surface area contributed by atoms with Crippen molar-refractivity contribution in [2.75, 3.05) is 26.6 Å². The number of alkyl halides is 3. The van der Waals surface area contributed by atoms with Crippen LogP contribution in [0.2, 0.25) is 0 Å². The lowest BCUT2D eigenvalue weighted by atomic mass is 10.1. The number of rotatable bonds is 7. The SMILES string of the molecule is COc1cc(C)c(CN(C)[C@@H](C)C(=O)Nc2ccc(C(F)(F)F)cc2)cc1OC. The summed E-state index contributed by atoms with van der Waals surface area (Å²) in [5.41, 5.74) is 1.51. The molecule has 1 amide bonds. The molecule has 0 bridgehead atoms. The Kier molecular flexibility index (Phi) is 7.13. The van der Waals surface area contributed by atoms with E-state index in [0.29, 0.717) is 23.7 Å². The lowest BCUT2D eigenvalue weighted by Crippen LogP contribution is -2.39. The first kappa shape index (κ1) is 22.5. The third-order valence-electron chi connectivity index (χ3n) is 4.78. The maximum absolute atomic E-state index is 12.6. The van der Waals surface area contributed by atoms with Crippen LogP contribution in [0.4, 0.5) is 18.9 Å². The molecule has 158 valence electrons. The first-order valence-electron chi connectivity index (χ1n) is 8.96. The number of halogens is 3. The Hall–Kier alpha value is -2.74.